The molecule has 3 nitrogen and oxygen atoms in total. The third-order valence-corrected chi connectivity index (χ3v) is 2.99. The van der Waals surface area contributed by atoms with Gasteiger partial charge in [0.1, 0.15) is 11.9 Å². The Balaban J connectivity index is 2.68. The molecule has 0 radical (unpaired) electrons. The summed E-state index contributed by atoms with van der Waals surface area (Å²) in [6.07, 6.45) is -3.22. The SMILES string of the molecule is CC1CCN(/C(N)=C/C=C(\N)C(F)(F)F)CC1F. The second-order valence-corrected chi connectivity index (χ2v) is 4.44. The molecule has 0 aromatic carbocycles. The average Bonchev–Trinajstić information content (AvgIpc) is 2.27. The molecule has 2 atom stereocenters. The van der Waals surface area contributed by atoms with Gasteiger partial charge in [-0.15, -0.1) is 0 Å². The summed E-state index contributed by atoms with van der Waals surface area (Å²) in [7, 11) is 0. The molecule has 7 heteroatoms. The van der Waals surface area contributed by atoms with Crippen molar-refractivity contribution in [1.29, 1.82) is 0 Å². The van der Waals surface area contributed by atoms with Gasteiger partial charge >= 0.3 is 6.18 Å². The van der Waals surface area contributed by atoms with Gasteiger partial charge in [0.15, 0.2) is 0 Å². The van der Waals surface area contributed by atoms with Crippen molar-refractivity contribution < 1.29 is 17.6 Å². The average molecular weight is 267 g/mol. The Morgan fingerprint density at radius 3 is 2.39 bits per heavy atom. The van der Waals surface area contributed by atoms with E-state index in [0.29, 0.717) is 19.0 Å². The van der Waals surface area contributed by atoms with Gasteiger partial charge in [-0.05, 0) is 24.5 Å². The van der Waals surface area contributed by atoms with Crippen LogP contribution in [0.25, 0.3) is 0 Å². The molecule has 18 heavy (non-hydrogen) atoms. The van der Waals surface area contributed by atoms with Crippen molar-refractivity contribution in [3.63, 3.8) is 0 Å². The zero-order valence-corrected chi connectivity index (χ0v) is 10.0. The summed E-state index contributed by atoms with van der Waals surface area (Å²) in [5, 5.41) is 0. The van der Waals surface area contributed by atoms with E-state index >= 15 is 0 Å². The second kappa shape index (κ2) is 5.49. The summed E-state index contributed by atoms with van der Waals surface area (Å²) < 4.78 is 49.8. The maximum absolute atomic E-state index is 13.4. The fraction of sp³-hybridized carbons (Fsp3) is 0.636. The number of hydrogen-bond acceptors (Lipinski definition) is 3. The smallest absolute Gasteiger partial charge is 0.395 e. The van der Waals surface area contributed by atoms with Crippen molar-refractivity contribution >= 4 is 0 Å². The highest BCUT2D eigenvalue weighted by atomic mass is 19.4. The second-order valence-electron chi connectivity index (χ2n) is 4.44. The topological polar surface area (TPSA) is 55.3 Å². The van der Waals surface area contributed by atoms with Gasteiger partial charge in [-0.1, -0.05) is 6.92 Å². The lowest BCUT2D eigenvalue weighted by atomic mass is 9.97. The summed E-state index contributed by atoms with van der Waals surface area (Å²) in [6.45, 7) is 2.43. The van der Waals surface area contributed by atoms with Crippen molar-refractivity contribution in [3.05, 3.63) is 23.7 Å². The van der Waals surface area contributed by atoms with E-state index in [1.165, 1.54) is 4.90 Å². The fourth-order valence-electron chi connectivity index (χ4n) is 1.63. The molecule has 1 aliphatic rings. The summed E-state index contributed by atoms with van der Waals surface area (Å²) in [4.78, 5) is 1.52. The van der Waals surface area contributed by atoms with E-state index in [0.717, 1.165) is 6.08 Å². The summed E-state index contributed by atoms with van der Waals surface area (Å²) in [5.41, 5.74) is 9.19. The van der Waals surface area contributed by atoms with Crippen LogP contribution < -0.4 is 11.5 Å². The van der Waals surface area contributed by atoms with Gasteiger partial charge in [0.25, 0.3) is 0 Å². The van der Waals surface area contributed by atoms with E-state index in [4.69, 9.17) is 11.5 Å². The lowest BCUT2D eigenvalue weighted by molar-refractivity contribution is -0.0926. The number of likely N-dealkylation sites (tertiary alicyclic amines) is 1. The maximum Gasteiger partial charge on any atom is 0.430 e. The normalized spacial score (nSPS) is 27.5. The van der Waals surface area contributed by atoms with Gasteiger partial charge in [0, 0.05) is 6.54 Å². The monoisotopic (exact) mass is 267 g/mol. The van der Waals surface area contributed by atoms with Gasteiger partial charge in [-0.25, -0.2) is 4.39 Å². The number of hydrogen-bond donors (Lipinski definition) is 2. The van der Waals surface area contributed by atoms with E-state index in [1.807, 2.05) is 0 Å². The Hall–Kier alpha value is -1.40. The molecule has 0 amide bonds. The number of alkyl halides is 4. The van der Waals surface area contributed by atoms with Crippen molar-refractivity contribution in [2.24, 2.45) is 17.4 Å². The van der Waals surface area contributed by atoms with E-state index in [9.17, 15) is 17.6 Å². The predicted octanol–water partition coefficient (Wildman–Crippen LogP) is 1.87. The number of nitrogens with two attached hydrogens (primary N) is 2. The first-order chi connectivity index (χ1) is 8.21. The van der Waals surface area contributed by atoms with Crippen molar-refractivity contribution in [1.82, 2.24) is 4.90 Å². The number of piperidine rings is 1. The van der Waals surface area contributed by atoms with Crippen molar-refractivity contribution in [2.75, 3.05) is 13.1 Å². The lowest BCUT2D eigenvalue weighted by Gasteiger charge is -2.34. The standard InChI is InChI=1S/C11H17F4N3/c1-7-4-5-18(6-8(7)12)10(17)3-2-9(16)11(13,14)15/h2-3,7-8H,4-6,16-17H2,1H3/b9-2-,10-3+. The van der Waals surface area contributed by atoms with Crippen LogP contribution in [0.5, 0.6) is 0 Å². The van der Waals surface area contributed by atoms with Crippen LogP contribution in [-0.4, -0.2) is 30.3 Å². The van der Waals surface area contributed by atoms with E-state index in [-0.39, 0.29) is 18.3 Å². The highest BCUT2D eigenvalue weighted by molar-refractivity contribution is 5.17. The highest BCUT2D eigenvalue weighted by Gasteiger charge is 2.31. The van der Waals surface area contributed by atoms with Crippen LogP contribution in [0.3, 0.4) is 0 Å². The lowest BCUT2D eigenvalue weighted by Crippen LogP contribution is -2.42. The third-order valence-electron chi connectivity index (χ3n) is 2.99. The summed E-state index contributed by atoms with van der Waals surface area (Å²) in [6, 6.07) is 0. The zero-order valence-electron chi connectivity index (χ0n) is 10.0. The van der Waals surface area contributed by atoms with Crippen LogP contribution in [0.4, 0.5) is 17.6 Å². The third kappa shape index (κ3) is 3.82. The minimum Gasteiger partial charge on any atom is -0.395 e. The molecule has 1 fully saturated rings. The van der Waals surface area contributed by atoms with Crippen LogP contribution in [-0.2, 0) is 0 Å². The molecule has 0 spiro atoms. The fourth-order valence-corrected chi connectivity index (χ4v) is 1.63. The largest absolute Gasteiger partial charge is 0.430 e. The van der Waals surface area contributed by atoms with Gasteiger partial charge < -0.3 is 16.4 Å². The number of halogens is 4. The number of allylic oxidation sites excluding steroid dienone is 3. The molecule has 0 aliphatic carbocycles. The van der Waals surface area contributed by atoms with Crippen LogP contribution >= 0.6 is 0 Å². The Kier molecular flexibility index (Phi) is 4.48. The molecular formula is C11H17F4N3. The molecular weight excluding hydrogens is 250 g/mol. The molecule has 0 aromatic heterocycles. The molecule has 1 rings (SSSR count). The molecule has 0 bridgehead atoms. The molecule has 1 saturated heterocycles. The van der Waals surface area contributed by atoms with Crippen molar-refractivity contribution in [2.45, 2.75) is 25.7 Å². The molecule has 104 valence electrons. The van der Waals surface area contributed by atoms with Crippen LogP contribution in [0, 0.1) is 5.92 Å². The quantitative estimate of drug-likeness (QED) is 0.593. The van der Waals surface area contributed by atoms with Crippen LogP contribution in [0.15, 0.2) is 23.7 Å². The zero-order chi connectivity index (χ0) is 13.9. The molecule has 0 saturated carbocycles. The molecule has 0 aromatic rings. The summed E-state index contributed by atoms with van der Waals surface area (Å²) >= 11 is 0. The Labute approximate surface area is 103 Å². The van der Waals surface area contributed by atoms with E-state index in [1.54, 1.807) is 6.92 Å². The Morgan fingerprint density at radius 2 is 1.89 bits per heavy atom. The molecule has 4 N–H and O–H groups in total. The van der Waals surface area contributed by atoms with Crippen molar-refractivity contribution in [3.8, 4) is 0 Å². The van der Waals surface area contributed by atoms with Gasteiger partial charge in [0.05, 0.1) is 12.4 Å². The Morgan fingerprint density at radius 1 is 1.28 bits per heavy atom. The number of nitrogens with zero attached hydrogens (tertiary/aromatic N) is 1. The maximum atomic E-state index is 13.4. The van der Waals surface area contributed by atoms with Crippen LogP contribution in [0.1, 0.15) is 13.3 Å². The first-order valence-corrected chi connectivity index (χ1v) is 5.61. The van der Waals surface area contributed by atoms with Crippen LogP contribution in [0.2, 0.25) is 0 Å². The molecule has 2 unspecified atom stereocenters. The number of rotatable bonds is 2. The van der Waals surface area contributed by atoms with Gasteiger partial charge in [0.2, 0.25) is 0 Å². The van der Waals surface area contributed by atoms with Gasteiger partial charge in [-0.3, -0.25) is 0 Å². The highest BCUT2D eigenvalue weighted by Crippen LogP contribution is 2.23. The van der Waals surface area contributed by atoms with Gasteiger partial charge in [-0.2, -0.15) is 13.2 Å². The minimum absolute atomic E-state index is 0.0511. The van der Waals surface area contributed by atoms with E-state index in [2.05, 4.69) is 0 Å². The van der Waals surface area contributed by atoms with E-state index < -0.39 is 18.0 Å². The minimum atomic E-state index is -4.57. The first-order valence-electron chi connectivity index (χ1n) is 5.61. The summed E-state index contributed by atoms with van der Waals surface area (Å²) in [5.74, 6) is 0.0431. The first kappa shape index (κ1) is 14.7. The molecule has 1 heterocycles. The predicted molar refractivity (Wildman–Crippen MR) is 60.8 cm³/mol. The molecule has 1 aliphatic heterocycles. The Bertz CT molecular complexity index is 349.